The molecule has 0 fully saturated rings. The van der Waals surface area contributed by atoms with Gasteiger partial charge in [-0.25, -0.2) is 0 Å². The van der Waals surface area contributed by atoms with Gasteiger partial charge in [0.25, 0.3) is 0 Å². The van der Waals surface area contributed by atoms with Crippen LogP contribution in [0.3, 0.4) is 0 Å². The summed E-state index contributed by atoms with van der Waals surface area (Å²) in [5.74, 6) is 1.68. The molecule has 4 rings (SSSR count). The van der Waals surface area contributed by atoms with Gasteiger partial charge in [0, 0.05) is 0 Å². The van der Waals surface area contributed by atoms with Crippen molar-refractivity contribution in [2.45, 2.75) is 13.8 Å². The first-order chi connectivity index (χ1) is 13.2. The minimum Gasteiger partial charge on any atom is -0.457 e. The second-order valence-electron chi connectivity index (χ2n) is 6.89. The number of hydrogen-bond donors (Lipinski definition) is 0. The summed E-state index contributed by atoms with van der Waals surface area (Å²) in [5.41, 5.74) is 7.22. The third-order valence-electron chi connectivity index (χ3n) is 4.67. The van der Waals surface area contributed by atoms with E-state index in [0.29, 0.717) is 0 Å². The van der Waals surface area contributed by atoms with Crippen LogP contribution >= 0.6 is 0 Å². The highest BCUT2D eigenvalue weighted by atomic mass is 16.5. The Morgan fingerprint density at radius 2 is 0.852 bits per heavy atom. The second kappa shape index (κ2) is 7.51. The largest absolute Gasteiger partial charge is 0.457 e. The minimum absolute atomic E-state index is 0.842. The van der Waals surface area contributed by atoms with Crippen LogP contribution in [0, 0.1) is 13.8 Å². The van der Waals surface area contributed by atoms with Gasteiger partial charge in [0.2, 0.25) is 0 Å². The molecule has 0 unspecified atom stereocenters. The van der Waals surface area contributed by atoms with Gasteiger partial charge in [-0.2, -0.15) is 0 Å². The molecule has 0 N–H and O–H groups in total. The Hall–Kier alpha value is -3.32. The summed E-state index contributed by atoms with van der Waals surface area (Å²) in [6.45, 7) is 4.20. The summed E-state index contributed by atoms with van der Waals surface area (Å²) in [7, 11) is 0. The highest BCUT2D eigenvalue weighted by Gasteiger charge is 2.04. The van der Waals surface area contributed by atoms with Crippen molar-refractivity contribution in [3.05, 3.63) is 108 Å². The summed E-state index contributed by atoms with van der Waals surface area (Å²) in [4.78, 5) is 0. The fourth-order valence-corrected chi connectivity index (χ4v) is 3.11. The van der Waals surface area contributed by atoms with Gasteiger partial charge in [-0.1, -0.05) is 83.9 Å². The van der Waals surface area contributed by atoms with Gasteiger partial charge in [-0.3, -0.25) is 0 Å². The molecule has 1 heteroatoms. The lowest BCUT2D eigenvalue weighted by Crippen LogP contribution is -1.87. The van der Waals surface area contributed by atoms with E-state index in [0.717, 1.165) is 22.6 Å². The second-order valence-corrected chi connectivity index (χ2v) is 6.89. The van der Waals surface area contributed by atoms with E-state index in [1.165, 1.54) is 22.3 Å². The molecule has 0 heterocycles. The van der Waals surface area contributed by atoms with Crippen molar-refractivity contribution in [1.82, 2.24) is 0 Å². The Labute approximate surface area is 160 Å². The van der Waals surface area contributed by atoms with Gasteiger partial charge < -0.3 is 4.74 Å². The molecule has 0 saturated heterocycles. The summed E-state index contributed by atoms with van der Waals surface area (Å²) in [6.07, 6.45) is 0. The number of hydrogen-bond acceptors (Lipinski definition) is 1. The van der Waals surface area contributed by atoms with Crippen molar-refractivity contribution < 1.29 is 4.74 Å². The highest BCUT2D eigenvalue weighted by molar-refractivity contribution is 5.67. The van der Waals surface area contributed by atoms with Crippen molar-refractivity contribution in [1.29, 1.82) is 0 Å². The quantitative estimate of drug-likeness (QED) is 0.372. The van der Waals surface area contributed by atoms with Crippen molar-refractivity contribution >= 4 is 0 Å². The summed E-state index contributed by atoms with van der Waals surface area (Å²) in [5, 5.41) is 0. The van der Waals surface area contributed by atoms with E-state index >= 15 is 0 Å². The SMILES string of the molecule is Cc1ccc(-c2cccc(Oc3cccc(-c4ccc(C)cc4)c3)c2)cc1. The topological polar surface area (TPSA) is 9.23 Å². The van der Waals surface area contributed by atoms with Gasteiger partial charge in [-0.05, 0) is 60.4 Å². The van der Waals surface area contributed by atoms with Gasteiger partial charge in [-0.15, -0.1) is 0 Å². The predicted molar refractivity (Wildman–Crippen MR) is 113 cm³/mol. The van der Waals surface area contributed by atoms with Gasteiger partial charge in [0.1, 0.15) is 11.5 Å². The Bertz CT molecular complexity index is 957. The molecule has 0 saturated carbocycles. The van der Waals surface area contributed by atoms with Crippen molar-refractivity contribution in [3.8, 4) is 33.8 Å². The zero-order valence-electron chi connectivity index (χ0n) is 15.6. The average molecular weight is 350 g/mol. The maximum absolute atomic E-state index is 6.15. The van der Waals surface area contributed by atoms with Crippen LogP contribution in [0.25, 0.3) is 22.3 Å². The lowest BCUT2D eigenvalue weighted by molar-refractivity contribution is 0.483. The molecule has 4 aromatic carbocycles. The monoisotopic (exact) mass is 350 g/mol. The van der Waals surface area contributed by atoms with Gasteiger partial charge >= 0.3 is 0 Å². The maximum atomic E-state index is 6.15. The van der Waals surface area contributed by atoms with E-state index in [-0.39, 0.29) is 0 Å². The van der Waals surface area contributed by atoms with Crippen molar-refractivity contribution in [3.63, 3.8) is 0 Å². The Morgan fingerprint density at radius 1 is 0.444 bits per heavy atom. The van der Waals surface area contributed by atoms with Crippen LogP contribution in [-0.2, 0) is 0 Å². The number of rotatable bonds is 4. The van der Waals surface area contributed by atoms with Crippen LogP contribution in [0.15, 0.2) is 97.1 Å². The lowest BCUT2D eigenvalue weighted by Gasteiger charge is -2.10. The van der Waals surface area contributed by atoms with Crippen LogP contribution < -0.4 is 4.74 Å². The smallest absolute Gasteiger partial charge is 0.128 e. The lowest BCUT2D eigenvalue weighted by atomic mass is 10.0. The molecule has 0 atom stereocenters. The average Bonchev–Trinajstić information content (AvgIpc) is 2.69. The van der Waals surface area contributed by atoms with Crippen LogP contribution in [0.4, 0.5) is 0 Å². The molecule has 1 nitrogen and oxygen atoms in total. The first-order valence-electron chi connectivity index (χ1n) is 9.19. The maximum Gasteiger partial charge on any atom is 0.128 e. The molecule has 132 valence electrons. The van der Waals surface area contributed by atoms with E-state index in [9.17, 15) is 0 Å². The molecule has 0 amide bonds. The Morgan fingerprint density at radius 3 is 1.26 bits per heavy atom. The molecule has 0 radical (unpaired) electrons. The van der Waals surface area contributed by atoms with E-state index in [4.69, 9.17) is 4.74 Å². The molecule has 0 aliphatic rings. The van der Waals surface area contributed by atoms with Crippen LogP contribution in [-0.4, -0.2) is 0 Å². The molecule has 27 heavy (non-hydrogen) atoms. The summed E-state index contributed by atoms with van der Waals surface area (Å²) < 4.78 is 6.15. The fourth-order valence-electron chi connectivity index (χ4n) is 3.11. The first-order valence-corrected chi connectivity index (χ1v) is 9.19. The Kier molecular flexibility index (Phi) is 4.76. The molecular formula is C26H22O. The van der Waals surface area contributed by atoms with Crippen LogP contribution in [0.1, 0.15) is 11.1 Å². The van der Waals surface area contributed by atoms with E-state index < -0.39 is 0 Å². The molecule has 0 aliphatic heterocycles. The third-order valence-corrected chi connectivity index (χ3v) is 4.67. The molecule has 0 spiro atoms. The molecular weight excluding hydrogens is 328 g/mol. The summed E-state index contributed by atoms with van der Waals surface area (Å²) >= 11 is 0. The van der Waals surface area contributed by atoms with Crippen LogP contribution in [0.2, 0.25) is 0 Å². The zero-order valence-corrected chi connectivity index (χ0v) is 15.6. The molecule has 0 aromatic heterocycles. The van der Waals surface area contributed by atoms with E-state index in [2.05, 4.69) is 86.6 Å². The Balaban J connectivity index is 1.59. The van der Waals surface area contributed by atoms with Crippen molar-refractivity contribution in [2.75, 3.05) is 0 Å². The van der Waals surface area contributed by atoms with Crippen molar-refractivity contribution in [2.24, 2.45) is 0 Å². The molecule has 0 bridgehead atoms. The van der Waals surface area contributed by atoms with E-state index in [1.807, 2.05) is 24.3 Å². The normalized spacial score (nSPS) is 10.6. The third kappa shape index (κ3) is 4.09. The fraction of sp³-hybridized carbons (Fsp3) is 0.0769. The summed E-state index contributed by atoms with van der Waals surface area (Å²) in [6, 6.07) is 33.6. The number of benzene rings is 4. The predicted octanol–water partition coefficient (Wildman–Crippen LogP) is 7.43. The number of ether oxygens (including phenoxy) is 1. The van der Waals surface area contributed by atoms with E-state index in [1.54, 1.807) is 0 Å². The zero-order chi connectivity index (χ0) is 18.6. The first kappa shape index (κ1) is 17.1. The highest BCUT2D eigenvalue weighted by Crippen LogP contribution is 2.30. The minimum atomic E-state index is 0.842. The standard InChI is InChI=1S/C26H22O/c1-19-9-13-21(14-10-19)23-5-3-7-25(17-23)27-26-8-4-6-24(18-26)22-15-11-20(2)12-16-22/h3-18H,1-2H3. The van der Waals surface area contributed by atoms with Gasteiger partial charge in [0.05, 0.1) is 0 Å². The molecule has 4 aromatic rings. The van der Waals surface area contributed by atoms with Crippen LogP contribution in [0.5, 0.6) is 11.5 Å². The number of aryl methyl sites for hydroxylation is 2. The molecule has 0 aliphatic carbocycles. The van der Waals surface area contributed by atoms with Gasteiger partial charge in [0.15, 0.2) is 0 Å².